The summed E-state index contributed by atoms with van der Waals surface area (Å²) in [6.45, 7) is 3.31. The van der Waals surface area contributed by atoms with Gasteiger partial charge in [0.25, 0.3) is 0 Å². The van der Waals surface area contributed by atoms with E-state index in [0.29, 0.717) is 29.3 Å². The van der Waals surface area contributed by atoms with Crippen LogP contribution in [-0.2, 0) is 23.1 Å². The molecule has 0 fully saturated rings. The maximum absolute atomic E-state index is 12.3. The van der Waals surface area contributed by atoms with Gasteiger partial charge in [-0.3, -0.25) is 0 Å². The molecule has 0 radical (unpaired) electrons. The second-order valence-corrected chi connectivity index (χ2v) is 6.31. The predicted octanol–water partition coefficient (Wildman–Crippen LogP) is 0.700. The summed E-state index contributed by atoms with van der Waals surface area (Å²) in [5.41, 5.74) is 1.13. The molecule has 0 unspecified atom stereocenters. The number of aryl methyl sites for hydroxylation is 1. The van der Waals surface area contributed by atoms with Crippen LogP contribution in [0.3, 0.4) is 0 Å². The van der Waals surface area contributed by atoms with Crippen molar-refractivity contribution < 1.29 is 18.0 Å². The summed E-state index contributed by atoms with van der Waals surface area (Å²) in [5.74, 6) is 0.898. The number of hydrogen-bond acceptors (Lipinski definition) is 6. The summed E-state index contributed by atoms with van der Waals surface area (Å²) in [6.07, 6.45) is 0.343. The summed E-state index contributed by atoms with van der Waals surface area (Å²) >= 11 is 0. The molecule has 0 spiro atoms. The summed E-state index contributed by atoms with van der Waals surface area (Å²) in [4.78, 5) is 4.17. The molecule has 2 aromatic rings. The lowest BCUT2D eigenvalue weighted by Crippen LogP contribution is -2.27. The Morgan fingerprint density at radius 3 is 2.71 bits per heavy atom. The zero-order valence-corrected chi connectivity index (χ0v) is 12.6. The third-order valence-corrected chi connectivity index (χ3v) is 4.67. The van der Waals surface area contributed by atoms with E-state index >= 15 is 0 Å². The van der Waals surface area contributed by atoms with Gasteiger partial charge in [-0.15, -0.1) is 0 Å². The van der Waals surface area contributed by atoms with E-state index in [-0.39, 0.29) is 18.0 Å². The van der Waals surface area contributed by atoms with Gasteiger partial charge in [0.05, 0.1) is 11.5 Å². The van der Waals surface area contributed by atoms with Crippen LogP contribution < -0.4 is 4.72 Å². The van der Waals surface area contributed by atoms with Crippen molar-refractivity contribution in [3.05, 3.63) is 41.0 Å². The maximum atomic E-state index is 12.3. The van der Waals surface area contributed by atoms with Crippen LogP contribution in [0.2, 0.25) is 0 Å². The minimum absolute atomic E-state index is 0.165. The van der Waals surface area contributed by atoms with Crippen LogP contribution in [0, 0.1) is 13.8 Å². The first-order valence-corrected chi connectivity index (χ1v) is 7.90. The standard InChI is InChI=1S/C13H17N3O4S/c1-9-11(8-17)4-3-5-12(9)21(18,19)14-7-6-13-15-10(2)20-16-13/h3-5,14,17H,6-8H2,1-2H3. The number of aromatic nitrogens is 2. The van der Waals surface area contributed by atoms with Gasteiger partial charge in [0, 0.05) is 19.9 Å². The van der Waals surface area contributed by atoms with Gasteiger partial charge in [-0.25, -0.2) is 13.1 Å². The number of rotatable bonds is 6. The van der Waals surface area contributed by atoms with Gasteiger partial charge in [-0.2, -0.15) is 4.98 Å². The average Bonchev–Trinajstić information content (AvgIpc) is 2.84. The molecule has 0 aliphatic heterocycles. The van der Waals surface area contributed by atoms with Crippen molar-refractivity contribution in [2.75, 3.05) is 6.54 Å². The second-order valence-electron chi connectivity index (χ2n) is 4.58. The van der Waals surface area contributed by atoms with Gasteiger partial charge in [0.1, 0.15) is 0 Å². The summed E-state index contributed by atoms with van der Waals surface area (Å²) in [6, 6.07) is 4.81. The molecule has 0 saturated carbocycles. The molecular weight excluding hydrogens is 294 g/mol. The largest absolute Gasteiger partial charge is 0.392 e. The first-order chi connectivity index (χ1) is 9.94. The number of aliphatic hydroxyl groups is 1. The highest BCUT2D eigenvalue weighted by Gasteiger charge is 2.18. The summed E-state index contributed by atoms with van der Waals surface area (Å²) < 4.78 is 31.8. The average molecular weight is 311 g/mol. The molecule has 8 heteroatoms. The van der Waals surface area contributed by atoms with Crippen LogP contribution >= 0.6 is 0 Å². The fourth-order valence-corrected chi connectivity index (χ4v) is 3.26. The molecule has 2 rings (SSSR count). The SMILES string of the molecule is Cc1nc(CCNS(=O)(=O)c2cccc(CO)c2C)no1. The molecule has 1 aromatic heterocycles. The maximum Gasteiger partial charge on any atom is 0.240 e. The van der Waals surface area contributed by atoms with Crippen molar-refractivity contribution in [3.63, 3.8) is 0 Å². The van der Waals surface area contributed by atoms with Gasteiger partial charge in [0.15, 0.2) is 5.82 Å². The van der Waals surface area contributed by atoms with Gasteiger partial charge in [0.2, 0.25) is 15.9 Å². The van der Waals surface area contributed by atoms with Gasteiger partial charge in [-0.1, -0.05) is 17.3 Å². The fourth-order valence-electron chi connectivity index (χ4n) is 1.94. The quantitative estimate of drug-likeness (QED) is 0.813. The second kappa shape index (κ2) is 6.33. The van der Waals surface area contributed by atoms with E-state index in [1.807, 2.05) is 0 Å². The normalized spacial score (nSPS) is 11.8. The summed E-state index contributed by atoms with van der Waals surface area (Å²) in [5, 5.41) is 12.9. The van der Waals surface area contributed by atoms with Crippen molar-refractivity contribution in [2.24, 2.45) is 0 Å². The molecule has 0 saturated heterocycles. The highest BCUT2D eigenvalue weighted by Crippen LogP contribution is 2.18. The molecule has 2 N–H and O–H groups in total. The number of nitrogens with one attached hydrogen (secondary N) is 1. The van der Waals surface area contributed by atoms with Crippen LogP contribution in [-0.4, -0.2) is 30.2 Å². The van der Waals surface area contributed by atoms with Crippen LogP contribution in [0.4, 0.5) is 0 Å². The molecule has 114 valence electrons. The zero-order valence-electron chi connectivity index (χ0n) is 11.8. The van der Waals surface area contributed by atoms with Crippen LogP contribution in [0.5, 0.6) is 0 Å². The third kappa shape index (κ3) is 3.66. The lowest BCUT2D eigenvalue weighted by atomic mass is 10.1. The van der Waals surface area contributed by atoms with Crippen molar-refractivity contribution in [2.45, 2.75) is 31.8 Å². The van der Waals surface area contributed by atoms with E-state index in [0.717, 1.165) is 0 Å². The fraction of sp³-hybridized carbons (Fsp3) is 0.385. The molecule has 0 aliphatic rings. The lowest BCUT2D eigenvalue weighted by molar-refractivity contribution is 0.280. The Balaban J connectivity index is 2.08. The van der Waals surface area contributed by atoms with Crippen LogP contribution in [0.1, 0.15) is 22.8 Å². The minimum atomic E-state index is -3.63. The van der Waals surface area contributed by atoms with Gasteiger partial charge < -0.3 is 9.63 Å². The molecule has 0 bridgehead atoms. The van der Waals surface area contributed by atoms with Crippen molar-refractivity contribution >= 4 is 10.0 Å². The molecule has 0 amide bonds. The molecule has 1 heterocycles. The predicted molar refractivity (Wildman–Crippen MR) is 75.0 cm³/mol. The Kier molecular flexibility index (Phi) is 4.71. The van der Waals surface area contributed by atoms with Gasteiger partial charge in [-0.05, 0) is 24.1 Å². The molecule has 1 aromatic carbocycles. The molecule has 7 nitrogen and oxygen atoms in total. The Bertz CT molecular complexity index is 725. The number of benzene rings is 1. The summed E-state index contributed by atoms with van der Waals surface area (Å²) in [7, 11) is -3.63. The topological polar surface area (TPSA) is 105 Å². The number of hydrogen-bond donors (Lipinski definition) is 2. The smallest absolute Gasteiger partial charge is 0.240 e. The van der Waals surface area contributed by atoms with Crippen LogP contribution in [0.15, 0.2) is 27.6 Å². The highest BCUT2D eigenvalue weighted by molar-refractivity contribution is 7.89. The Morgan fingerprint density at radius 1 is 1.33 bits per heavy atom. The minimum Gasteiger partial charge on any atom is -0.392 e. The van der Waals surface area contributed by atoms with E-state index in [2.05, 4.69) is 14.9 Å². The van der Waals surface area contributed by atoms with E-state index in [9.17, 15) is 13.5 Å². The third-order valence-electron chi connectivity index (χ3n) is 3.07. The Morgan fingerprint density at radius 2 is 2.10 bits per heavy atom. The van der Waals surface area contributed by atoms with Gasteiger partial charge >= 0.3 is 0 Å². The molecule has 0 atom stereocenters. The van der Waals surface area contributed by atoms with Crippen LogP contribution in [0.25, 0.3) is 0 Å². The monoisotopic (exact) mass is 311 g/mol. The molecule has 0 aliphatic carbocycles. The Labute approximate surface area is 123 Å². The zero-order chi connectivity index (χ0) is 15.5. The van der Waals surface area contributed by atoms with E-state index in [1.54, 1.807) is 26.0 Å². The number of sulfonamides is 1. The number of aliphatic hydroxyl groups excluding tert-OH is 1. The van der Waals surface area contributed by atoms with E-state index in [1.165, 1.54) is 6.07 Å². The lowest BCUT2D eigenvalue weighted by Gasteiger charge is -2.11. The number of nitrogens with zero attached hydrogens (tertiary/aromatic N) is 2. The Hall–Kier alpha value is -1.77. The van der Waals surface area contributed by atoms with Crippen molar-refractivity contribution in [3.8, 4) is 0 Å². The highest BCUT2D eigenvalue weighted by atomic mass is 32.2. The molecular formula is C13H17N3O4S. The van der Waals surface area contributed by atoms with E-state index in [4.69, 9.17) is 4.52 Å². The van der Waals surface area contributed by atoms with Crippen molar-refractivity contribution in [1.82, 2.24) is 14.9 Å². The molecule has 21 heavy (non-hydrogen) atoms. The van der Waals surface area contributed by atoms with E-state index < -0.39 is 10.0 Å². The first-order valence-electron chi connectivity index (χ1n) is 6.42. The first kappa shape index (κ1) is 15.6. The van der Waals surface area contributed by atoms with Crippen molar-refractivity contribution in [1.29, 1.82) is 0 Å².